The van der Waals surface area contributed by atoms with Crippen LogP contribution in [0.2, 0.25) is 0 Å². The predicted molar refractivity (Wildman–Crippen MR) is 81.4 cm³/mol. The van der Waals surface area contributed by atoms with Crippen molar-refractivity contribution in [3.8, 4) is 5.75 Å². The van der Waals surface area contributed by atoms with E-state index in [1.807, 2.05) is 0 Å². The molecule has 106 valence electrons. The Morgan fingerprint density at radius 3 is 2.75 bits per heavy atom. The SMILES string of the molecule is CCOC(=O)CCC(=O)c1cc2cc(O)c(Br)cc2s1. The van der Waals surface area contributed by atoms with Crippen molar-refractivity contribution in [2.24, 2.45) is 0 Å². The van der Waals surface area contributed by atoms with Crippen LogP contribution in [0.4, 0.5) is 0 Å². The first-order chi connectivity index (χ1) is 9.51. The summed E-state index contributed by atoms with van der Waals surface area (Å²) in [6.07, 6.45) is 0.231. The number of thiophene rings is 1. The maximum atomic E-state index is 12.0. The van der Waals surface area contributed by atoms with Crippen LogP contribution in [0.15, 0.2) is 22.7 Å². The van der Waals surface area contributed by atoms with E-state index in [4.69, 9.17) is 4.74 Å². The molecule has 0 aliphatic rings. The molecule has 2 rings (SSSR count). The van der Waals surface area contributed by atoms with Gasteiger partial charge in [0, 0.05) is 11.1 Å². The number of phenolic OH excluding ortho intramolecular Hbond substituents is 1. The number of aromatic hydroxyl groups is 1. The molecule has 0 spiro atoms. The van der Waals surface area contributed by atoms with E-state index in [9.17, 15) is 14.7 Å². The van der Waals surface area contributed by atoms with Gasteiger partial charge in [-0.2, -0.15) is 0 Å². The quantitative estimate of drug-likeness (QED) is 0.651. The lowest BCUT2D eigenvalue weighted by Crippen LogP contribution is -2.07. The Morgan fingerprint density at radius 2 is 2.05 bits per heavy atom. The van der Waals surface area contributed by atoms with E-state index in [1.54, 1.807) is 25.1 Å². The fraction of sp³-hybridized carbons (Fsp3) is 0.286. The summed E-state index contributed by atoms with van der Waals surface area (Å²) in [5.41, 5.74) is 0. The Hall–Kier alpha value is -1.40. The average Bonchev–Trinajstić information content (AvgIpc) is 2.80. The number of hydrogen-bond acceptors (Lipinski definition) is 5. The van der Waals surface area contributed by atoms with E-state index >= 15 is 0 Å². The van der Waals surface area contributed by atoms with Crippen molar-refractivity contribution >= 4 is 49.1 Å². The van der Waals surface area contributed by atoms with Gasteiger partial charge in [0.05, 0.1) is 22.4 Å². The van der Waals surface area contributed by atoms with Gasteiger partial charge in [0.1, 0.15) is 5.75 Å². The number of carbonyl (C=O) groups is 2. The van der Waals surface area contributed by atoms with Crippen molar-refractivity contribution in [3.05, 3.63) is 27.5 Å². The molecule has 1 heterocycles. The summed E-state index contributed by atoms with van der Waals surface area (Å²) in [6, 6.07) is 5.12. The molecule has 0 atom stereocenters. The van der Waals surface area contributed by atoms with Gasteiger partial charge in [0.15, 0.2) is 5.78 Å². The van der Waals surface area contributed by atoms with Crippen LogP contribution in [0.1, 0.15) is 29.4 Å². The number of benzene rings is 1. The van der Waals surface area contributed by atoms with E-state index in [0.717, 1.165) is 10.1 Å². The normalized spacial score (nSPS) is 10.7. The maximum Gasteiger partial charge on any atom is 0.306 e. The number of phenols is 1. The molecule has 1 aromatic heterocycles. The van der Waals surface area contributed by atoms with Crippen LogP contribution in [-0.4, -0.2) is 23.5 Å². The molecule has 0 aliphatic heterocycles. The zero-order chi connectivity index (χ0) is 14.7. The second-order valence-corrected chi connectivity index (χ2v) is 6.12. The summed E-state index contributed by atoms with van der Waals surface area (Å²) >= 11 is 4.59. The number of hydrogen-bond donors (Lipinski definition) is 1. The molecule has 6 heteroatoms. The largest absolute Gasteiger partial charge is 0.507 e. The van der Waals surface area contributed by atoms with Crippen LogP contribution in [0.3, 0.4) is 0 Å². The number of fused-ring (bicyclic) bond motifs is 1. The lowest BCUT2D eigenvalue weighted by Gasteiger charge is -1.99. The summed E-state index contributed by atoms with van der Waals surface area (Å²) < 4.78 is 6.30. The molecule has 1 aromatic carbocycles. The lowest BCUT2D eigenvalue weighted by molar-refractivity contribution is -0.143. The molecule has 2 aromatic rings. The summed E-state index contributed by atoms with van der Waals surface area (Å²) in [5, 5.41) is 10.4. The molecule has 4 nitrogen and oxygen atoms in total. The third kappa shape index (κ3) is 3.37. The van der Waals surface area contributed by atoms with Crippen molar-refractivity contribution in [1.82, 2.24) is 0 Å². The second-order valence-electron chi connectivity index (χ2n) is 4.18. The topological polar surface area (TPSA) is 63.6 Å². The smallest absolute Gasteiger partial charge is 0.306 e. The van der Waals surface area contributed by atoms with Gasteiger partial charge >= 0.3 is 5.97 Å². The van der Waals surface area contributed by atoms with Gasteiger partial charge in [-0.25, -0.2) is 0 Å². The van der Waals surface area contributed by atoms with Crippen LogP contribution in [-0.2, 0) is 9.53 Å². The van der Waals surface area contributed by atoms with Crippen molar-refractivity contribution in [2.75, 3.05) is 6.61 Å². The minimum Gasteiger partial charge on any atom is -0.507 e. The highest BCUT2D eigenvalue weighted by molar-refractivity contribution is 9.10. The summed E-state index contributed by atoms with van der Waals surface area (Å²) in [7, 11) is 0. The van der Waals surface area contributed by atoms with Crippen molar-refractivity contribution in [2.45, 2.75) is 19.8 Å². The van der Waals surface area contributed by atoms with Gasteiger partial charge in [-0.3, -0.25) is 9.59 Å². The molecule has 0 bridgehead atoms. The first kappa shape index (κ1) is 15.0. The number of esters is 1. The minimum atomic E-state index is -0.359. The number of ketones is 1. The van der Waals surface area contributed by atoms with E-state index in [0.29, 0.717) is 16.0 Å². The zero-order valence-electron chi connectivity index (χ0n) is 10.8. The fourth-order valence-corrected chi connectivity index (χ4v) is 3.31. The van der Waals surface area contributed by atoms with Gasteiger partial charge in [-0.1, -0.05) is 0 Å². The predicted octanol–water partition coefficient (Wildman–Crippen LogP) is 3.90. The number of carbonyl (C=O) groups excluding carboxylic acids is 2. The molecule has 1 N–H and O–H groups in total. The summed E-state index contributed by atoms with van der Waals surface area (Å²) in [6.45, 7) is 2.05. The third-order valence-electron chi connectivity index (χ3n) is 2.72. The van der Waals surface area contributed by atoms with Gasteiger partial charge in [-0.05, 0) is 46.4 Å². The first-order valence-electron chi connectivity index (χ1n) is 6.12. The molecular weight excluding hydrogens is 344 g/mol. The molecule has 0 unspecified atom stereocenters. The van der Waals surface area contributed by atoms with E-state index < -0.39 is 0 Å². The van der Waals surface area contributed by atoms with Gasteiger partial charge in [0.2, 0.25) is 0 Å². The highest BCUT2D eigenvalue weighted by atomic mass is 79.9. The molecule has 0 saturated carbocycles. The molecule has 0 radical (unpaired) electrons. The Kier molecular flexibility index (Phi) is 4.77. The Balaban J connectivity index is 2.12. The highest BCUT2D eigenvalue weighted by Crippen LogP contribution is 2.34. The van der Waals surface area contributed by atoms with Crippen LogP contribution in [0.5, 0.6) is 5.75 Å². The monoisotopic (exact) mass is 356 g/mol. The van der Waals surface area contributed by atoms with E-state index in [2.05, 4.69) is 15.9 Å². The van der Waals surface area contributed by atoms with E-state index in [-0.39, 0.29) is 30.3 Å². The van der Waals surface area contributed by atoms with Crippen LogP contribution in [0, 0.1) is 0 Å². The zero-order valence-corrected chi connectivity index (χ0v) is 13.2. The van der Waals surface area contributed by atoms with Gasteiger partial charge in [-0.15, -0.1) is 11.3 Å². The molecule has 20 heavy (non-hydrogen) atoms. The molecule has 0 amide bonds. The lowest BCUT2D eigenvalue weighted by atomic mass is 10.1. The maximum absolute atomic E-state index is 12.0. The van der Waals surface area contributed by atoms with E-state index in [1.165, 1.54) is 11.3 Å². The third-order valence-corrected chi connectivity index (χ3v) is 4.50. The highest BCUT2D eigenvalue weighted by Gasteiger charge is 2.14. The van der Waals surface area contributed by atoms with Gasteiger partial charge < -0.3 is 9.84 Å². The minimum absolute atomic E-state index is 0.0881. The average molecular weight is 357 g/mol. The number of ether oxygens (including phenoxy) is 1. The standard InChI is InChI=1S/C14H13BrO4S/c1-2-19-14(18)4-3-10(16)13-6-8-5-11(17)9(15)7-12(8)20-13/h5-7,17H,2-4H2,1H3. The molecular formula is C14H13BrO4S. The fourth-order valence-electron chi connectivity index (χ4n) is 1.76. The van der Waals surface area contributed by atoms with Crippen molar-refractivity contribution in [3.63, 3.8) is 0 Å². The number of halogens is 1. The first-order valence-corrected chi connectivity index (χ1v) is 7.73. The Labute approximate surface area is 128 Å². The summed E-state index contributed by atoms with van der Waals surface area (Å²) in [5.74, 6) is -0.307. The van der Waals surface area contributed by atoms with Gasteiger partial charge in [0.25, 0.3) is 0 Å². The van der Waals surface area contributed by atoms with Crippen LogP contribution >= 0.6 is 27.3 Å². The second kappa shape index (κ2) is 6.37. The van der Waals surface area contributed by atoms with Crippen LogP contribution in [0.25, 0.3) is 10.1 Å². The van der Waals surface area contributed by atoms with Crippen LogP contribution < -0.4 is 0 Å². The van der Waals surface area contributed by atoms with Crippen molar-refractivity contribution < 1.29 is 19.4 Å². The number of rotatable bonds is 5. The summed E-state index contributed by atoms with van der Waals surface area (Å²) in [4.78, 5) is 23.8. The molecule has 0 fully saturated rings. The molecule has 0 saturated heterocycles. The number of Topliss-reactive ketones (excluding diaryl/α,β-unsaturated/α-hetero) is 1. The van der Waals surface area contributed by atoms with Crippen molar-refractivity contribution in [1.29, 1.82) is 0 Å². The molecule has 0 aliphatic carbocycles. The Morgan fingerprint density at radius 1 is 1.30 bits per heavy atom. The Bertz CT molecular complexity index is 623.